The topological polar surface area (TPSA) is 75.6 Å². The normalized spacial score (nSPS) is 16.6. The van der Waals surface area contributed by atoms with Crippen LogP contribution < -0.4 is 5.32 Å². The molecule has 0 radical (unpaired) electrons. The maximum atomic E-state index is 12.5. The lowest BCUT2D eigenvalue weighted by Gasteiger charge is -2.24. The molecule has 0 spiro atoms. The molecule has 5 rings (SSSR count). The van der Waals surface area contributed by atoms with Crippen LogP contribution in [0, 0.1) is 20.8 Å². The van der Waals surface area contributed by atoms with Gasteiger partial charge in [-0.25, -0.2) is 4.98 Å². The van der Waals surface area contributed by atoms with E-state index in [1.165, 1.54) is 15.3 Å². The van der Waals surface area contributed by atoms with E-state index >= 15 is 0 Å². The Morgan fingerprint density at radius 2 is 2.04 bits per heavy atom. The minimum Gasteiger partial charge on any atom is -0.322 e. The molecule has 0 saturated heterocycles. The van der Waals surface area contributed by atoms with Crippen LogP contribution in [0.15, 0.2) is 30.3 Å². The quantitative estimate of drug-likeness (QED) is 0.549. The Morgan fingerprint density at radius 1 is 1.22 bits per heavy atom. The third-order valence-corrected chi connectivity index (χ3v) is 6.12. The number of thiophene rings is 1. The first kappa shape index (κ1) is 16.3. The highest BCUT2D eigenvalue weighted by atomic mass is 32.1. The van der Waals surface area contributed by atoms with Crippen molar-refractivity contribution in [1.29, 1.82) is 0 Å². The number of nitrogens with one attached hydrogen (secondary N) is 2. The Hall–Kier alpha value is -2.93. The van der Waals surface area contributed by atoms with Crippen LogP contribution >= 0.6 is 11.3 Å². The Balaban J connectivity index is 1.70. The predicted octanol–water partition coefficient (Wildman–Crippen LogP) is 4.21. The third kappa shape index (κ3) is 2.49. The smallest absolute Gasteiger partial charge is 0.231 e. The molecule has 2 N–H and O–H groups in total. The largest absolute Gasteiger partial charge is 0.322 e. The first-order valence-electron chi connectivity index (χ1n) is 8.92. The molecule has 4 aromatic rings. The number of rotatable bonds is 2. The van der Waals surface area contributed by atoms with Crippen molar-refractivity contribution in [2.24, 2.45) is 0 Å². The van der Waals surface area contributed by atoms with Gasteiger partial charge in [-0.05, 0) is 44.5 Å². The molecule has 6 nitrogen and oxygen atoms in total. The number of amides is 1. The number of aromatic nitrogens is 4. The molecule has 1 aromatic carbocycles. The van der Waals surface area contributed by atoms with E-state index in [9.17, 15) is 4.79 Å². The van der Waals surface area contributed by atoms with Gasteiger partial charge in [-0.2, -0.15) is 9.78 Å². The number of anilines is 1. The fourth-order valence-electron chi connectivity index (χ4n) is 4.00. The van der Waals surface area contributed by atoms with E-state index in [1.54, 1.807) is 16.0 Å². The van der Waals surface area contributed by atoms with E-state index in [0.29, 0.717) is 12.4 Å². The summed E-state index contributed by atoms with van der Waals surface area (Å²) in [6, 6.07) is 10.1. The van der Waals surface area contributed by atoms with Gasteiger partial charge in [-0.3, -0.25) is 4.79 Å². The molecule has 27 heavy (non-hydrogen) atoms. The van der Waals surface area contributed by atoms with E-state index in [2.05, 4.69) is 35.2 Å². The first-order chi connectivity index (χ1) is 13.0. The summed E-state index contributed by atoms with van der Waals surface area (Å²) in [4.78, 5) is 23.0. The van der Waals surface area contributed by atoms with Crippen LogP contribution in [0.2, 0.25) is 0 Å². The molecular formula is C20H19N5OS. The fraction of sp³-hybridized carbons (Fsp3) is 0.250. The summed E-state index contributed by atoms with van der Waals surface area (Å²) in [5, 5.41) is 7.74. The number of fused-ring (bicyclic) bond motifs is 2. The summed E-state index contributed by atoms with van der Waals surface area (Å²) in [6.45, 7) is 6.23. The third-order valence-electron chi connectivity index (χ3n) is 5.13. The number of imidazole rings is 1. The highest BCUT2D eigenvalue weighted by molar-refractivity contribution is 7.12. The number of carbonyl (C=O) groups is 1. The second kappa shape index (κ2) is 5.79. The molecule has 0 aliphatic carbocycles. The van der Waals surface area contributed by atoms with E-state index in [1.807, 2.05) is 31.2 Å². The number of aromatic amines is 1. The van der Waals surface area contributed by atoms with E-state index < -0.39 is 0 Å². The van der Waals surface area contributed by atoms with E-state index in [4.69, 9.17) is 5.10 Å². The van der Waals surface area contributed by atoms with Gasteiger partial charge in [0.2, 0.25) is 11.9 Å². The van der Waals surface area contributed by atoms with Crippen molar-refractivity contribution in [1.82, 2.24) is 19.7 Å². The zero-order valence-electron chi connectivity index (χ0n) is 15.3. The van der Waals surface area contributed by atoms with E-state index in [-0.39, 0.29) is 11.8 Å². The SMILES string of the molecule is Cc1cc([C@H]2CC(=O)Nc3c2c(C)nn3-c2nc3ccccc3[nH]2)c(C)s1. The molecular weight excluding hydrogens is 358 g/mol. The van der Waals surface area contributed by atoms with Crippen molar-refractivity contribution in [2.75, 3.05) is 5.32 Å². The van der Waals surface area contributed by atoms with Crippen molar-refractivity contribution in [3.05, 3.63) is 56.9 Å². The van der Waals surface area contributed by atoms with Gasteiger partial charge in [0.05, 0.1) is 16.7 Å². The summed E-state index contributed by atoms with van der Waals surface area (Å²) in [5.41, 5.74) is 5.03. The molecule has 0 unspecified atom stereocenters. The summed E-state index contributed by atoms with van der Waals surface area (Å²) < 4.78 is 1.73. The van der Waals surface area contributed by atoms with Gasteiger partial charge in [0.25, 0.3) is 0 Å². The Kier molecular flexibility index (Phi) is 3.48. The van der Waals surface area contributed by atoms with Crippen molar-refractivity contribution in [2.45, 2.75) is 33.1 Å². The average molecular weight is 377 g/mol. The van der Waals surface area contributed by atoms with Gasteiger partial charge in [0.1, 0.15) is 5.82 Å². The van der Waals surface area contributed by atoms with Crippen molar-refractivity contribution < 1.29 is 4.79 Å². The van der Waals surface area contributed by atoms with Crippen LogP contribution in [-0.2, 0) is 4.79 Å². The zero-order chi connectivity index (χ0) is 18.7. The summed E-state index contributed by atoms with van der Waals surface area (Å²) >= 11 is 1.77. The first-order valence-corrected chi connectivity index (χ1v) is 9.74. The Labute approximate surface area is 160 Å². The number of para-hydroxylation sites is 2. The standard InChI is InChI=1S/C20H19N5OS/c1-10-8-13(12(3)27-10)14-9-17(26)23-19-18(14)11(2)24-25(19)20-21-15-6-4-5-7-16(15)22-20/h4-8,14H,9H2,1-3H3,(H,21,22)(H,23,26)/t14-/m1/s1. The highest BCUT2D eigenvalue weighted by Gasteiger charge is 2.34. The molecule has 0 saturated carbocycles. The van der Waals surface area contributed by atoms with Gasteiger partial charge in [-0.1, -0.05) is 12.1 Å². The second-order valence-corrected chi connectivity index (χ2v) is 8.47. The minimum atomic E-state index is 0.00742. The summed E-state index contributed by atoms with van der Waals surface area (Å²) in [5.74, 6) is 1.36. The molecule has 136 valence electrons. The van der Waals surface area contributed by atoms with Gasteiger partial charge in [-0.15, -0.1) is 11.3 Å². The number of hydrogen-bond acceptors (Lipinski definition) is 4. The fourth-order valence-corrected chi connectivity index (χ4v) is 4.99. The van der Waals surface area contributed by atoms with Crippen LogP contribution in [0.5, 0.6) is 0 Å². The Morgan fingerprint density at radius 3 is 2.78 bits per heavy atom. The minimum absolute atomic E-state index is 0.00742. The maximum Gasteiger partial charge on any atom is 0.231 e. The zero-order valence-corrected chi connectivity index (χ0v) is 16.1. The number of H-pyrrole nitrogens is 1. The van der Waals surface area contributed by atoms with Crippen LogP contribution in [0.4, 0.5) is 5.82 Å². The number of aryl methyl sites for hydroxylation is 3. The Bertz CT molecular complexity index is 1170. The van der Waals surface area contributed by atoms with Crippen LogP contribution in [0.1, 0.15) is 38.9 Å². The van der Waals surface area contributed by atoms with Crippen LogP contribution in [0.25, 0.3) is 17.0 Å². The molecule has 4 heterocycles. The lowest BCUT2D eigenvalue weighted by atomic mass is 9.86. The van der Waals surface area contributed by atoms with Gasteiger partial charge in [0.15, 0.2) is 0 Å². The number of nitrogens with zero attached hydrogens (tertiary/aromatic N) is 3. The van der Waals surface area contributed by atoms with Crippen LogP contribution in [-0.4, -0.2) is 25.7 Å². The molecule has 0 fully saturated rings. The second-order valence-electron chi connectivity index (χ2n) is 7.01. The number of hydrogen-bond donors (Lipinski definition) is 2. The highest BCUT2D eigenvalue weighted by Crippen LogP contribution is 2.42. The maximum absolute atomic E-state index is 12.5. The van der Waals surface area contributed by atoms with Crippen molar-refractivity contribution >= 4 is 34.1 Å². The molecule has 0 bridgehead atoms. The van der Waals surface area contributed by atoms with Crippen molar-refractivity contribution in [3.63, 3.8) is 0 Å². The van der Waals surface area contributed by atoms with Crippen LogP contribution in [0.3, 0.4) is 0 Å². The molecule has 1 aliphatic rings. The lowest BCUT2D eigenvalue weighted by Crippen LogP contribution is -2.25. The molecule has 1 atom stereocenters. The number of carbonyl (C=O) groups excluding carboxylic acids is 1. The molecule has 1 amide bonds. The average Bonchev–Trinajstić information content (AvgIpc) is 3.29. The van der Waals surface area contributed by atoms with Gasteiger partial charge in [0, 0.05) is 27.7 Å². The molecule has 1 aliphatic heterocycles. The van der Waals surface area contributed by atoms with Gasteiger partial charge < -0.3 is 10.3 Å². The van der Waals surface area contributed by atoms with Crippen molar-refractivity contribution in [3.8, 4) is 5.95 Å². The van der Waals surface area contributed by atoms with E-state index in [0.717, 1.165) is 28.1 Å². The summed E-state index contributed by atoms with van der Waals surface area (Å²) in [6.07, 6.45) is 0.441. The van der Waals surface area contributed by atoms with Gasteiger partial charge >= 0.3 is 0 Å². The molecule has 3 aromatic heterocycles. The monoisotopic (exact) mass is 377 g/mol. The molecule has 7 heteroatoms. The lowest BCUT2D eigenvalue weighted by molar-refractivity contribution is -0.116. The summed E-state index contributed by atoms with van der Waals surface area (Å²) in [7, 11) is 0. The number of benzene rings is 1. The predicted molar refractivity (Wildman–Crippen MR) is 107 cm³/mol.